The van der Waals surface area contributed by atoms with Crippen LogP contribution in [0.2, 0.25) is 10.2 Å². The van der Waals surface area contributed by atoms with Crippen LogP contribution < -0.4 is 5.32 Å². The number of thiazole rings is 1. The highest BCUT2D eigenvalue weighted by molar-refractivity contribution is 7.22. The molecule has 0 aliphatic rings. The van der Waals surface area contributed by atoms with Gasteiger partial charge in [0.15, 0.2) is 16.8 Å². The molecule has 0 bridgehead atoms. The van der Waals surface area contributed by atoms with Crippen molar-refractivity contribution in [3.05, 3.63) is 45.7 Å². The summed E-state index contributed by atoms with van der Waals surface area (Å²) in [5.41, 5.74) is 0.508. The fourth-order valence-electron chi connectivity index (χ4n) is 1.90. The monoisotopic (exact) mass is 361 g/mol. The average molecular weight is 362 g/mol. The molecule has 22 heavy (non-hydrogen) atoms. The summed E-state index contributed by atoms with van der Waals surface area (Å²) in [7, 11) is 1.59. The average Bonchev–Trinajstić information content (AvgIpc) is 2.95. The first kappa shape index (κ1) is 15.2. The zero-order chi connectivity index (χ0) is 16.0. The number of amides is 1. The Morgan fingerprint density at radius 2 is 1.95 bits per heavy atom. The number of fused-ring (bicyclic) bond motifs is 1. The number of hydrogen-bond donors (Lipinski definition) is 1. The van der Waals surface area contributed by atoms with Gasteiger partial charge in [-0.15, -0.1) is 0 Å². The molecular formula is C13H7Cl2F2N3OS. The van der Waals surface area contributed by atoms with Gasteiger partial charge < -0.3 is 4.57 Å². The topological polar surface area (TPSA) is 46.9 Å². The molecule has 2 aromatic heterocycles. The molecule has 3 rings (SSSR count). The van der Waals surface area contributed by atoms with Crippen LogP contribution >= 0.6 is 34.5 Å². The van der Waals surface area contributed by atoms with E-state index in [-0.39, 0.29) is 26.5 Å². The summed E-state index contributed by atoms with van der Waals surface area (Å²) < 4.78 is 28.2. The maximum atomic E-state index is 13.2. The highest BCUT2D eigenvalue weighted by atomic mass is 35.5. The minimum absolute atomic E-state index is 0.221. The van der Waals surface area contributed by atoms with Crippen LogP contribution in [0.25, 0.3) is 10.2 Å². The molecule has 2 heterocycles. The summed E-state index contributed by atoms with van der Waals surface area (Å²) >= 11 is 12.8. The quantitative estimate of drug-likeness (QED) is 0.731. The molecule has 114 valence electrons. The number of anilines is 1. The second-order valence-corrected chi connectivity index (χ2v) is 6.23. The third kappa shape index (κ3) is 2.55. The lowest BCUT2D eigenvalue weighted by Crippen LogP contribution is -2.15. The number of nitrogens with zero attached hydrogens (tertiary/aromatic N) is 2. The van der Waals surface area contributed by atoms with E-state index < -0.39 is 17.5 Å². The van der Waals surface area contributed by atoms with E-state index in [0.29, 0.717) is 4.70 Å². The smallest absolute Gasteiger partial charge is 0.274 e. The number of carbonyl (C=O) groups is 1. The molecule has 0 aliphatic carbocycles. The minimum atomic E-state index is -0.989. The van der Waals surface area contributed by atoms with Crippen molar-refractivity contribution in [1.82, 2.24) is 9.55 Å². The van der Waals surface area contributed by atoms with Crippen molar-refractivity contribution in [3.63, 3.8) is 0 Å². The zero-order valence-electron chi connectivity index (χ0n) is 11.0. The molecule has 0 saturated heterocycles. The van der Waals surface area contributed by atoms with E-state index in [9.17, 15) is 13.6 Å². The Bertz CT molecular complexity index is 867. The van der Waals surface area contributed by atoms with Gasteiger partial charge in [-0.05, 0) is 12.1 Å². The maximum Gasteiger partial charge on any atom is 0.274 e. The van der Waals surface area contributed by atoms with Gasteiger partial charge >= 0.3 is 0 Å². The second kappa shape index (κ2) is 5.49. The van der Waals surface area contributed by atoms with E-state index in [1.54, 1.807) is 7.05 Å². The first-order valence-corrected chi connectivity index (χ1v) is 7.51. The summed E-state index contributed by atoms with van der Waals surface area (Å²) in [5.74, 6) is -2.43. The van der Waals surface area contributed by atoms with Crippen LogP contribution in [0.5, 0.6) is 0 Å². The molecule has 3 aromatic rings. The van der Waals surface area contributed by atoms with Crippen molar-refractivity contribution in [1.29, 1.82) is 0 Å². The van der Waals surface area contributed by atoms with E-state index in [1.165, 1.54) is 10.6 Å². The molecule has 0 spiro atoms. The molecule has 0 unspecified atom stereocenters. The first-order valence-electron chi connectivity index (χ1n) is 5.94. The minimum Gasteiger partial charge on any atom is -0.329 e. The van der Waals surface area contributed by atoms with E-state index >= 15 is 0 Å². The Hall–Kier alpha value is -1.70. The molecule has 0 atom stereocenters. The van der Waals surface area contributed by atoms with Crippen molar-refractivity contribution < 1.29 is 13.6 Å². The first-order chi connectivity index (χ1) is 10.4. The molecule has 1 aromatic carbocycles. The van der Waals surface area contributed by atoms with Crippen LogP contribution in [0.1, 0.15) is 10.5 Å². The summed E-state index contributed by atoms with van der Waals surface area (Å²) in [4.78, 5) is 16.2. The molecule has 1 amide bonds. The Labute approximate surface area is 137 Å². The fourth-order valence-corrected chi connectivity index (χ4v) is 3.14. The standard InChI is InChI=1S/C13H7Cl2F2N3OS/c1-20-9(2-5(14)11(20)15)12(21)19-13-18-8-3-6(16)7(17)4-10(8)22-13/h2-4H,1H3,(H,18,19,21). The number of halogens is 4. The normalized spacial score (nSPS) is 11.1. The number of nitrogens with one attached hydrogen (secondary N) is 1. The van der Waals surface area contributed by atoms with Gasteiger partial charge in [-0.1, -0.05) is 34.5 Å². The van der Waals surface area contributed by atoms with Gasteiger partial charge in [0, 0.05) is 13.1 Å². The predicted octanol–water partition coefficient (Wildman–Crippen LogP) is 4.47. The molecule has 1 N–H and O–H groups in total. The van der Waals surface area contributed by atoms with Crippen LogP contribution in [0.3, 0.4) is 0 Å². The number of carbonyl (C=O) groups excluding carboxylic acids is 1. The third-order valence-corrected chi connectivity index (χ3v) is 4.78. The highest BCUT2D eigenvalue weighted by Crippen LogP contribution is 2.29. The largest absolute Gasteiger partial charge is 0.329 e. The van der Waals surface area contributed by atoms with Gasteiger partial charge in [0.1, 0.15) is 10.8 Å². The molecule has 0 radical (unpaired) electrons. The van der Waals surface area contributed by atoms with Crippen molar-refractivity contribution in [2.75, 3.05) is 5.32 Å². The number of rotatable bonds is 2. The van der Waals surface area contributed by atoms with Gasteiger partial charge in [-0.2, -0.15) is 0 Å². The molecular weight excluding hydrogens is 355 g/mol. The van der Waals surface area contributed by atoms with Crippen molar-refractivity contribution in [2.45, 2.75) is 0 Å². The Kier molecular flexibility index (Phi) is 3.80. The summed E-state index contributed by atoms with van der Waals surface area (Å²) in [6.45, 7) is 0. The van der Waals surface area contributed by atoms with Gasteiger partial charge in [-0.25, -0.2) is 13.8 Å². The van der Waals surface area contributed by atoms with E-state index in [2.05, 4.69) is 10.3 Å². The maximum absolute atomic E-state index is 13.2. The summed E-state index contributed by atoms with van der Waals surface area (Å²) in [6, 6.07) is 3.44. The number of benzene rings is 1. The van der Waals surface area contributed by atoms with Crippen LogP contribution in [0, 0.1) is 11.6 Å². The van der Waals surface area contributed by atoms with Crippen molar-refractivity contribution in [3.8, 4) is 0 Å². The molecule has 0 fully saturated rings. The Morgan fingerprint density at radius 3 is 2.59 bits per heavy atom. The lowest BCUT2D eigenvalue weighted by Gasteiger charge is -2.03. The lowest BCUT2D eigenvalue weighted by molar-refractivity contribution is 0.101. The second-order valence-electron chi connectivity index (χ2n) is 4.43. The number of hydrogen-bond acceptors (Lipinski definition) is 3. The number of aromatic nitrogens is 2. The van der Waals surface area contributed by atoms with Crippen LogP contribution in [0.15, 0.2) is 18.2 Å². The van der Waals surface area contributed by atoms with Crippen LogP contribution in [0.4, 0.5) is 13.9 Å². The summed E-state index contributed by atoms with van der Waals surface area (Å²) in [6.07, 6.45) is 0. The SMILES string of the molecule is Cn1c(C(=O)Nc2nc3cc(F)c(F)cc3s2)cc(Cl)c1Cl. The highest BCUT2D eigenvalue weighted by Gasteiger charge is 2.17. The molecule has 0 aliphatic heterocycles. The van der Waals surface area contributed by atoms with Gasteiger partial charge in [0.2, 0.25) is 0 Å². The Morgan fingerprint density at radius 1 is 1.27 bits per heavy atom. The van der Waals surface area contributed by atoms with E-state index in [4.69, 9.17) is 23.2 Å². The van der Waals surface area contributed by atoms with E-state index in [1.807, 2.05) is 0 Å². The van der Waals surface area contributed by atoms with Crippen molar-refractivity contribution >= 4 is 55.8 Å². The van der Waals surface area contributed by atoms with Crippen molar-refractivity contribution in [2.24, 2.45) is 7.05 Å². The summed E-state index contributed by atoms with van der Waals surface area (Å²) in [5, 5.41) is 3.26. The molecule has 4 nitrogen and oxygen atoms in total. The molecule has 9 heteroatoms. The fraction of sp³-hybridized carbons (Fsp3) is 0.0769. The van der Waals surface area contributed by atoms with Gasteiger partial charge in [0.25, 0.3) is 5.91 Å². The Balaban J connectivity index is 1.92. The third-order valence-electron chi connectivity index (χ3n) is 3.00. The lowest BCUT2D eigenvalue weighted by atomic mass is 10.3. The van der Waals surface area contributed by atoms with Crippen LogP contribution in [-0.2, 0) is 7.05 Å². The van der Waals surface area contributed by atoms with Crippen LogP contribution in [-0.4, -0.2) is 15.5 Å². The van der Waals surface area contributed by atoms with Gasteiger partial charge in [-0.3, -0.25) is 10.1 Å². The van der Waals surface area contributed by atoms with Gasteiger partial charge in [0.05, 0.1) is 15.2 Å². The zero-order valence-corrected chi connectivity index (χ0v) is 13.3. The predicted molar refractivity (Wildman–Crippen MR) is 82.9 cm³/mol. The molecule has 0 saturated carbocycles. The van der Waals surface area contributed by atoms with E-state index in [0.717, 1.165) is 23.5 Å².